The normalized spacial score (nSPS) is 16.5. The fraction of sp³-hybridized carbons (Fsp3) is 0.462. The number of carbonyl (C=O) groups excluding carboxylic acids is 2. The second-order valence-corrected chi connectivity index (χ2v) is 10.7. The number of amides is 1. The first-order chi connectivity index (χ1) is 17.5. The Hall–Kier alpha value is -2.75. The predicted molar refractivity (Wildman–Crippen MR) is 138 cm³/mol. The highest BCUT2D eigenvalue weighted by molar-refractivity contribution is 7.17. The largest absolute Gasteiger partial charge is 0.462 e. The topological polar surface area (TPSA) is 97.6 Å². The Morgan fingerprint density at radius 2 is 2.00 bits per heavy atom. The molecule has 1 N–H and O–H groups in total. The van der Waals surface area contributed by atoms with Gasteiger partial charge in [-0.15, -0.1) is 11.3 Å². The van der Waals surface area contributed by atoms with Crippen LogP contribution in [-0.2, 0) is 28.9 Å². The number of ether oxygens (including phenoxy) is 1. The summed E-state index contributed by atoms with van der Waals surface area (Å²) in [5, 5.41) is 8.37. The molecular weight excluding hydrogens is 500 g/mol. The Bertz CT molecular complexity index is 1250. The van der Waals surface area contributed by atoms with Gasteiger partial charge in [-0.2, -0.15) is 4.98 Å². The lowest BCUT2D eigenvalue weighted by atomic mass is 9.94. The maximum absolute atomic E-state index is 13.1. The fourth-order valence-electron chi connectivity index (χ4n) is 4.90. The molecule has 1 aliphatic heterocycles. The molecule has 5 rings (SSSR count). The van der Waals surface area contributed by atoms with E-state index in [1.807, 2.05) is 18.2 Å². The number of benzene rings is 1. The van der Waals surface area contributed by atoms with Crippen LogP contribution in [0.25, 0.3) is 11.4 Å². The Balaban J connectivity index is 1.19. The number of carbonyl (C=O) groups is 2. The van der Waals surface area contributed by atoms with Crippen LogP contribution in [0.2, 0.25) is 5.02 Å². The van der Waals surface area contributed by atoms with Crippen molar-refractivity contribution in [3.8, 4) is 11.4 Å². The van der Waals surface area contributed by atoms with Crippen LogP contribution in [0.5, 0.6) is 0 Å². The summed E-state index contributed by atoms with van der Waals surface area (Å²) in [6, 6.07) is 7.40. The number of hydrogen-bond acceptors (Lipinski definition) is 8. The third-order valence-corrected chi connectivity index (χ3v) is 8.32. The SMILES string of the molecule is CCOC(=O)c1c(NC(=O)C2CCN(Cc3nc(-c4ccccc4Cl)no3)CC2)sc2c1CCCC2. The second kappa shape index (κ2) is 11.1. The van der Waals surface area contributed by atoms with Gasteiger partial charge in [-0.25, -0.2) is 4.79 Å². The zero-order valence-electron chi connectivity index (χ0n) is 20.2. The van der Waals surface area contributed by atoms with Crippen molar-refractivity contribution in [3.05, 3.63) is 51.2 Å². The van der Waals surface area contributed by atoms with Gasteiger partial charge in [0.05, 0.1) is 23.7 Å². The number of halogens is 1. The van der Waals surface area contributed by atoms with Gasteiger partial charge in [0.25, 0.3) is 0 Å². The van der Waals surface area contributed by atoms with E-state index in [2.05, 4.69) is 20.4 Å². The van der Waals surface area contributed by atoms with Crippen LogP contribution in [0.1, 0.15) is 59.3 Å². The van der Waals surface area contributed by atoms with Crippen LogP contribution < -0.4 is 5.32 Å². The van der Waals surface area contributed by atoms with E-state index < -0.39 is 0 Å². The van der Waals surface area contributed by atoms with Crippen LogP contribution in [-0.4, -0.2) is 46.6 Å². The minimum atomic E-state index is -0.335. The number of thiophene rings is 1. The van der Waals surface area contributed by atoms with Gasteiger partial charge < -0.3 is 14.6 Å². The maximum atomic E-state index is 13.1. The van der Waals surface area contributed by atoms with Crippen molar-refractivity contribution in [2.45, 2.75) is 52.0 Å². The number of aromatic nitrogens is 2. The summed E-state index contributed by atoms with van der Waals surface area (Å²) in [5.41, 5.74) is 2.36. The molecule has 0 radical (unpaired) electrons. The molecule has 190 valence electrons. The molecule has 0 saturated carbocycles. The first-order valence-corrected chi connectivity index (χ1v) is 13.6. The van der Waals surface area contributed by atoms with Crippen molar-refractivity contribution in [1.29, 1.82) is 0 Å². The summed E-state index contributed by atoms with van der Waals surface area (Å²) in [5.74, 6) is 0.518. The lowest BCUT2D eigenvalue weighted by Gasteiger charge is -2.30. The van der Waals surface area contributed by atoms with Crippen LogP contribution in [0.3, 0.4) is 0 Å². The molecule has 36 heavy (non-hydrogen) atoms. The Morgan fingerprint density at radius 1 is 1.22 bits per heavy atom. The van der Waals surface area contributed by atoms with E-state index in [0.717, 1.165) is 62.7 Å². The van der Waals surface area contributed by atoms with Crippen molar-refractivity contribution < 1.29 is 18.8 Å². The number of likely N-dealkylation sites (tertiary alicyclic amines) is 1. The second-order valence-electron chi connectivity index (χ2n) is 9.17. The van der Waals surface area contributed by atoms with E-state index in [9.17, 15) is 9.59 Å². The Kier molecular flexibility index (Phi) is 7.69. The molecule has 1 saturated heterocycles. The van der Waals surface area contributed by atoms with Crippen LogP contribution >= 0.6 is 22.9 Å². The van der Waals surface area contributed by atoms with Crippen molar-refractivity contribution in [2.24, 2.45) is 5.92 Å². The number of nitrogens with one attached hydrogen (secondary N) is 1. The number of aryl methyl sites for hydroxylation is 1. The fourth-order valence-corrected chi connectivity index (χ4v) is 6.40. The van der Waals surface area contributed by atoms with E-state index in [1.54, 1.807) is 13.0 Å². The molecule has 8 nitrogen and oxygen atoms in total. The standard InChI is InChI=1S/C26H29ClN4O4S/c1-2-34-26(33)22-18-8-4-6-10-20(18)36-25(22)29-24(32)16-11-13-31(14-12-16)15-21-28-23(30-35-21)17-7-3-5-9-19(17)27/h3,5,7,9,16H,2,4,6,8,10-15H2,1H3,(H,29,32). The highest BCUT2D eigenvalue weighted by Gasteiger charge is 2.30. The van der Waals surface area contributed by atoms with E-state index >= 15 is 0 Å². The summed E-state index contributed by atoms with van der Waals surface area (Å²) in [4.78, 5) is 33.7. The van der Waals surface area contributed by atoms with Gasteiger partial charge in [0.2, 0.25) is 17.6 Å². The highest BCUT2D eigenvalue weighted by atomic mass is 35.5. The molecule has 1 amide bonds. The summed E-state index contributed by atoms with van der Waals surface area (Å²) in [7, 11) is 0. The zero-order chi connectivity index (χ0) is 25.1. The molecule has 1 aliphatic carbocycles. The number of nitrogens with zero attached hydrogens (tertiary/aromatic N) is 3. The molecule has 3 heterocycles. The minimum Gasteiger partial charge on any atom is -0.462 e. The lowest BCUT2D eigenvalue weighted by Crippen LogP contribution is -2.37. The van der Waals surface area contributed by atoms with Gasteiger partial charge in [0.1, 0.15) is 5.00 Å². The lowest BCUT2D eigenvalue weighted by molar-refractivity contribution is -0.121. The highest BCUT2D eigenvalue weighted by Crippen LogP contribution is 2.39. The summed E-state index contributed by atoms with van der Waals surface area (Å²) in [6.45, 7) is 4.13. The molecule has 1 aromatic carbocycles. The van der Waals surface area contributed by atoms with Gasteiger partial charge >= 0.3 is 5.97 Å². The molecule has 3 aromatic rings. The third kappa shape index (κ3) is 5.33. The van der Waals surface area contributed by atoms with E-state index in [1.165, 1.54) is 16.2 Å². The average molecular weight is 529 g/mol. The van der Waals surface area contributed by atoms with E-state index in [0.29, 0.717) is 40.5 Å². The first-order valence-electron chi connectivity index (χ1n) is 12.5. The number of fused-ring (bicyclic) bond motifs is 1. The molecule has 2 aromatic heterocycles. The van der Waals surface area contributed by atoms with Crippen molar-refractivity contribution in [3.63, 3.8) is 0 Å². The van der Waals surface area contributed by atoms with Gasteiger partial charge in [-0.1, -0.05) is 28.9 Å². The molecule has 0 unspecified atom stereocenters. The predicted octanol–water partition coefficient (Wildman–Crippen LogP) is 5.36. The minimum absolute atomic E-state index is 0.0300. The van der Waals surface area contributed by atoms with Gasteiger partial charge in [-0.3, -0.25) is 9.69 Å². The van der Waals surface area contributed by atoms with Gasteiger partial charge in [-0.05, 0) is 76.2 Å². The van der Waals surface area contributed by atoms with Crippen LogP contribution in [0.4, 0.5) is 5.00 Å². The van der Waals surface area contributed by atoms with Crippen molar-refractivity contribution in [1.82, 2.24) is 15.0 Å². The summed E-state index contributed by atoms with van der Waals surface area (Å²) in [6.07, 6.45) is 5.43. The van der Waals surface area contributed by atoms with Crippen LogP contribution in [0.15, 0.2) is 28.8 Å². The summed E-state index contributed by atoms with van der Waals surface area (Å²) >= 11 is 7.77. The third-order valence-electron chi connectivity index (χ3n) is 6.79. The molecule has 2 aliphatic rings. The molecule has 0 atom stereocenters. The molecule has 10 heteroatoms. The number of hydrogen-bond donors (Lipinski definition) is 1. The van der Waals surface area contributed by atoms with Gasteiger partial charge in [0, 0.05) is 16.4 Å². The maximum Gasteiger partial charge on any atom is 0.341 e. The van der Waals surface area contributed by atoms with Crippen molar-refractivity contribution >= 4 is 39.8 Å². The number of piperidine rings is 1. The molecule has 0 spiro atoms. The number of esters is 1. The Labute approximate surface area is 219 Å². The Morgan fingerprint density at radius 3 is 2.78 bits per heavy atom. The zero-order valence-corrected chi connectivity index (χ0v) is 21.8. The quantitative estimate of drug-likeness (QED) is 0.412. The number of rotatable bonds is 7. The first kappa shape index (κ1) is 24.9. The number of anilines is 1. The van der Waals surface area contributed by atoms with E-state index in [-0.39, 0.29) is 17.8 Å². The van der Waals surface area contributed by atoms with Crippen molar-refractivity contribution in [2.75, 3.05) is 25.0 Å². The van der Waals surface area contributed by atoms with Gasteiger partial charge in [0.15, 0.2) is 0 Å². The molecule has 0 bridgehead atoms. The monoisotopic (exact) mass is 528 g/mol. The van der Waals surface area contributed by atoms with E-state index in [4.69, 9.17) is 20.9 Å². The molecular formula is C26H29ClN4O4S. The average Bonchev–Trinajstić information content (AvgIpc) is 3.49. The molecule has 1 fully saturated rings. The summed E-state index contributed by atoms with van der Waals surface area (Å²) < 4.78 is 10.8. The smallest absolute Gasteiger partial charge is 0.341 e. The van der Waals surface area contributed by atoms with Crippen LogP contribution in [0, 0.1) is 5.92 Å².